The number of rotatable bonds is 6. The van der Waals surface area contributed by atoms with Crippen LogP contribution in [0, 0.1) is 5.92 Å². The molecule has 3 aromatic carbocycles. The molecule has 3 atom stereocenters. The van der Waals surface area contributed by atoms with Crippen molar-refractivity contribution in [2.24, 2.45) is 5.92 Å². The Balaban J connectivity index is 1.59. The number of hydrazine groups is 1. The fourth-order valence-electron chi connectivity index (χ4n) is 4.85. The largest absolute Gasteiger partial charge is 0.496 e. The highest BCUT2D eigenvalue weighted by atomic mass is 79.9. The number of hydrogen-bond acceptors (Lipinski definition) is 6. The molecule has 5 rings (SSSR count). The van der Waals surface area contributed by atoms with Crippen LogP contribution in [0.1, 0.15) is 28.9 Å². The quantitative estimate of drug-likeness (QED) is 0.392. The van der Waals surface area contributed by atoms with E-state index in [0.29, 0.717) is 34.9 Å². The van der Waals surface area contributed by atoms with Gasteiger partial charge in [-0.25, -0.2) is 10.3 Å². The first-order chi connectivity index (χ1) is 17.8. The van der Waals surface area contributed by atoms with Gasteiger partial charge in [-0.2, -0.15) is 0 Å². The predicted molar refractivity (Wildman–Crippen MR) is 144 cm³/mol. The zero-order valence-electron chi connectivity index (χ0n) is 20.0. The van der Waals surface area contributed by atoms with Gasteiger partial charge in [0.2, 0.25) is 5.91 Å². The number of amides is 3. The van der Waals surface area contributed by atoms with E-state index in [1.807, 2.05) is 25.1 Å². The molecule has 0 radical (unpaired) electrons. The van der Waals surface area contributed by atoms with Gasteiger partial charge in [0, 0.05) is 20.1 Å². The molecule has 3 amide bonds. The number of carbonyl (C=O) groups excluding carboxylic acids is 3. The zero-order chi connectivity index (χ0) is 26.3. The number of imide groups is 1. The van der Waals surface area contributed by atoms with Crippen molar-refractivity contribution in [2.75, 3.05) is 18.6 Å². The molecule has 0 spiro atoms. The van der Waals surface area contributed by atoms with Gasteiger partial charge in [0.05, 0.1) is 31.4 Å². The smallest absolute Gasteiger partial charge is 0.268 e. The standard InChI is InChI=1S/C27H23Br2N3O5/c1-3-37-19-10-8-18(9-11-19)31-26(34)22-23(20-14-17(29)7-12-21(20)36-2)30-32(24(22)27(31)35)25(33)15-5-4-6-16(28)13-15/h4-14,22-24,30H,3H2,1-2H3/t22-,23-,24+/m1/s1. The summed E-state index contributed by atoms with van der Waals surface area (Å²) >= 11 is 6.88. The Labute approximate surface area is 230 Å². The van der Waals surface area contributed by atoms with Crippen LogP contribution < -0.4 is 19.8 Å². The number of hydrogen-bond donors (Lipinski definition) is 1. The van der Waals surface area contributed by atoms with Crippen molar-refractivity contribution in [3.63, 3.8) is 0 Å². The number of nitrogens with one attached hydrogen (secondary N) is 1. The number of fused-ring (bicyclic) bond motifs is 1. The third-order valence-electron chi connectivity index (χ3n) is 6.46. The number of halogens is 2. The van der Waals surface area contributed by atoms with Gasteiger partial charge in [-0.05, 0) is 67.6 Å². The van der Waals surface area contributed by atoms with E-state index in [-0.39, 0.29) is 0 Å². The Morgan fingerprint density at radius 1 is 0.973 bits per heavy atom. The van der Waals surface area contributed by atoms with E-state index in [2.05, 4.69) is 37.3 Å². The average Bonchev–Trinajstić information content (AvgIpc) is 3.41. The van der Waals surface area contributed by atoms with Crippen LogP contribution in [0.2, 0.25) is 0 Å². The van der Waals surface area contributed by atoms with Crippen molar-refractivity contribution in [3.05, 3.63) is 86.8 Å². The summed E-state index contributed by atoms with van der Waals surface area (Å²) in [7, 11) is 1.54. The third kappa shape index (κ3) is 4.54. The first-order valence-electron chi connectivity index (χ1n) is 11.6. The minimum atomic E-state index is -1.04. The lowest BCUT2D eigenvalue weighted by Crippen LogP contribution is -2.48. The summed E-state index contributed by atoms with van der Waals surface area (Å²) in [6.07, 6.45) is 0. The van der Waals surface area contributed by atoms with Gasteiger partial charge < -0.3 is 9.47 Å². The highest BCUT2D eigenvalue weighted by molar-refractivity contribution is 9.10. The van der Waals surface area contributed by atoms with Crippen LogP contribution in [0.15, 0.2) is 75.7 Å². The molecule has 190 valence electrons. The molecular formula is C27H23Br2N3O5. The van der Waals surface area contributed by atoms with E-state index in [1.165, 1.54) is 12.1 Å². The van der Waals surface area contributed by atoms with Crippen molar-refractivity contribution in [1.82, 2.24) is 10.4 Å². The number of nitrogens with zero attached hydrogens (tertiary/aromatic N) is 2. The van der Waals surface area contributed by atoms with Gasteiger partial charge in [-0.1, -0.05) is 37.9 Å². The maximum absolute atomic E-state index is 13.9. The second kappa shape index (κ2) is 10.3. The van der Waals surface area contributed by atoms with Crippen LogP contribution in [0.3, 0.4) is 0 Å². The summed E-state index contributed by atoms with van der Waals surface area (Å²) in [6, 6.07) is 17.4. The van der Waals surface area contributed by atoms with E-state index in [4.69, 9.17) is 9.47 Å². The summed E-state index contributed by atoms with van der Waals surface area (Å²) in [6.45, 7) is 2.38. The molecule has 3 aromatic rings. The van der Waals surface area contributed by atoms with Crippen molar-refractivity contribution in [3.8, 4) is 11.5 Å². The van der Waals surface area contributed by atoms with Gasteiger partial charge in [0.1, 0.15) is 17.5 Å². The Kier molecular flexibility index (Phi) is 7.06. The lowest BCUT2D eigenvalue weighted by molar-refractivity contribution is -0.123. The minimum Gasteiger partial charge on any atom is -0.496 e. The molecule has 1 N–H and O–H groups in total. The van der Waals surface area contributed by atoms with Gasteiger partial charge >= 0.3 is 0 Å². The number of benzene rings is 3. The van der Waals surface area contributed by atoms with Crippen LogP contribution >= 0.6 is 31.9 Å². The lowest BCUT2D eigenvalue weighted by Gasteiger charge is -2.26. The van der Waals surface area contributed by atoms with Crippen LogP contribution in [-0.2, 0) is 9.59 Å². The Morgan fingerprint density at radius 2 is 1.70 bits per heavy atom. The molecule has 2 heterocycles. The first-order valence-corrected chi connectivity index (χ1v) is 13.2. The Hall–Kier alpha value is -3.21. The number of methoxy groups -OCH3 is 1. The summed E-state index contributed by atoms with van der Waals surface area (Å²) in [4.78, 5) is 42.5. The summed E-state index contributed by atoms with van der Waals surface area (Å²) < 4.78 is 12.6. The van der Waals surface area contributed by atoms with Crippen molar-refractivity contribution in [2.45, 2.75) is 19.0 Å². The van der Waals surface area contributed by atoms with Gasteiger partial charge in [-0.3, -0.25) is 19.4 Å². The highest BCUT2D eigenvalue weighted by Gasteiger charge is 2.60. The first kappa shape index (κ1) is 25.4. The number of ether oxygens (including phenoxy) is 2. The molecule has 8 nitrogen and oxygen atoms in total. The summed E-state index contributed by atoms with van der Waals surface area (Å²) in [5, 5.41) is 1.28. The van der Waals surface area contributed by atoms with Crippen LogP contribution in [0.25, 0.3) is 0 Å². The number of carbonyl (C=O) groups is 3. The Bertz CT molecular complexity index is 1380. The molecule has 37 heavy (non-hydrogen) atoms. The topological polar surface area (TPSA) is 88.2 Å². The molecule has 2 saturated heterocycles. The summed E-state index contributed by atoms with van der Waals surface area (Å²) in [5.74, 6) is -0.984. The van der Waals surface area contributed by atoms with Crippen molar-refractivity contribution in [1.29, 1.82) is 0 Å². The summed E-state index contributed by atoms with van der Waals surface area (Å²) in [5.41, 5.74) is 4.62. The van der Waals surface area contributed by atoms with Crippen LogP contribution in [-0.4, -0.2) is 42.5 Å². The maximum Gasteiger partial charge on any atom is 0.268 e. The Morgan fingerprint density at radius 3 is 2.38 bits per heavy atom. The van der Waals surface area contributed by atoms with Crippen LogP contribution in [0.5, 0.6) is 11.5 Å². The van der Waals surface area contributed by atoms with Gasteiger partial charge in [-0.15, -0.1) is 0 Å². The fourth-order valence-corrected chi connectivity index (χ4v) is 5.63. The van der Waals surface area contributed by atoms with E-state index in [1.54, 1.807) is 48.5 Å². The van der Waals surface area contributed by atoms with E-state index >= 15 is 0 Å². The van der Waals surface area contributed by atoms with E-state index in [0.717, 1.165) is 13.8 Å². The van der Waals surface area contributed by atoms with Crippen molar-refractivity contribution < 1.29 is 23.9 Å². The molecule has 0 aliphatic carbocycles. The van der Waals surface area contributed by atoms with Crippen LogP contribution in [0.4, 0.5) is 5.69 Å². The molecule has 0 aromatic heterocycles. The zero-order valence-corrected chi connectivity index (χ0v) is 23.2. The minimum absolute atomic E-state index is 0.377. The highest BCUT2D eigenvalue weighted by Crippen LogP contribution is 2.45. The lowest BCUT2D eigenvalue weighted by atomic mass is 9.90. The van der Waals surface area contributed by atoms with Gasteiger partial charge in [0.15, 0.2) is 0 Å². The van der Waals surface area contributed by atoms with E-state index in [9.17, 15) is 14.4 Å². The molecule has 0 saturated carbocycles. The maximum atomic E-state index is 13.9. The molecular weight excluding hydrogens is 606 g/mol. The molecule has 2 aliphatic rings. The normalized spacial score (nSPS) is 20.8. The molecule has 2 aliphatic heterocycles. The molecule has 0 unspecified atom stereocenters. The third-order valence-corrected chi connectivity index (χ3v) is 7.44. The fraction of sp³-hybridized carbons (Fsp3) is 0.222. The molecule has 2 fully saturated rings. The number of anilines is 1. The second-order valence-corrected chi connectivity index (χ2v) is 10.4. The SMILES string of the molecule is CCOc1ccc(N2C(=O)[C@@H]3[C@@H](c4cc(Br)ccc4OC)NN(C(=O)c4cccc(Br)c4)[C@@H]3C2=O)cc1. The average molecular weight is 629 g/mol. The molecule has 10 heteroatoms. The van der Waals surface area contributed by atoms with E-state index < -0.39 is 35.7 Å². The second-order valence-electron chi connectivity index (χ2n) is 8.59. The van der Waals surface area contributed by atoms with Gasteiger partial charge in [0.25, 0.3) is 11.8 Å². The van der Waals surface area contributed by atoms with Crippen molar-refractivity contribution >= 4 is 55.3 Å². The predicted octanol–water partition coefficient (Wildman–Crippen LogP) is 4.88. The molecule has 0 bridgehead atoms. The monoisotopic (exact) mass is 627 g/mol.